The average Bonchev–Trinajstić information content (AvgIpc) is 2.97. The van der Waals surface area contributed by atoms with Gasteiger partial charge in [0.15, 0.2) is 9.84 Å². The summed E-state index contributed by atoms with van der Waals surface area (Å²) in [5.74, 6) is 0. The maximum Gasteiger partial charge on any atom is 0.175 e. The Morgan fingerprint density at radius 2 is 1.23 bits per heavy atom. The highest BCUT2D eigenvalue weighted by atomic mass is 32.2. The van der Waals surface area contributed by atoms with Crippen molar-refractivity contribution in [2.24, 2.45) is 0 Å². The van der Waals surface area contributed by atoms with Gasteiger partial charge in [-0.3, -0.25) is 0 Å². The van der Waals surface area contributed by atoms with Crippen molar-refractivity contribution >= 4 is 9.84 Å². The lowest BCUT2D eigenvalue weighted by Crippen LogP contribution is -1.96. The third-order valence-corrected chi connectivity index (χ3v) is 4.75. The third kappa shape index (κ3) is 2.83. The molecular weight excluding hydrogens is 296 g/mol. The average molecular weight is 312 g/mol. The SMILES string of the molecule is Cc1ccc(-c2cocc2-c2ccc(S(C)(=O)=O)cc2)cc1. The van der Waals surface area contributed by atoms with Gasteiger partial charge in [0.05, 0.1) is 17.4 Å². The van der Waals surface area contributed by atoms with Crippen LogP contribution >= 0.6 is 0 Å². The summed E-state index contributed by atoms with van der Waals surface area (Å²) in [4.78, 5) is 0.316. The van der Waals surface area contributed by atoms with Gasteiger partial charge in [-0.1, -0.05) is 42.0 Å². The zero-order valence-electron chi connectivity index (χ0n) is 12.4. The summed E-state index contributed by atoms with van der Waals surface area (Å²) in [7, 11) is -3.18. The molecule has 0 atom stereocenters. The third-order valence-electron chi connectivity index (χ3n) is 3.62. The quantitative estimate of drug-likeness (QED) is 0.723. The van der Waals surface area contributed by atoms with Crippen LogP contribution in [-0.4, -0.2) is 14.7 Å². The van der Waals surface area contributed by atoms with Crippen molar-refractivity contribution in [2.75, 3.05) is 6.26 Å². The molecule has 0 unspecified atom stereocenters. The lowest BCUT2D eigenvalue weighted by atomic mass is 9.98. The summed E-state index contributed by atoms with van der Waals surface area (Å²) in [6.45, 7) is 2.05. The molecule has 22 heavy (non-hydrogen) atoms. The highest BCUT2D eigenvalue weighted by Gasteiger charge is 2.12. The van der Waals surface area contributed by atoms with Gasteiger partial charge in [-0.25, -0.2) is 8.42 Å². The van der Waals surface area contributed by atoms with E-state index in [9.17, 15) is 8.42 Å². The van der Waals surface area contributed by atoms with E-state index in [1.165, 1.54) is 11.8 Å². The maximum atomic E-state index is 11.5. The second-order valence-corrected chi connectivity index (χ2v) is 7.38. The molecule has 0 fully saturated rings. The maximum absolute atomic E-state index is 11.5. The highest BCUT2D eigenvalue weighted by molar-refractivity contribution is 7.90. The minimum atomic E-state index is -3.18. The Balaban J connectivity index is 2.03. The van der Waals surface area contributed by atoms with Crippen LogP contribution in [0.15, 0.2) is 70.4 Å². The molecule has 0 aliphatic carbocycles. The van der Waals surface area contributed by atoms with E-state index in [4.69, 9.17) is 4.42 Å². The Kier molecular flexibility index (Phi) is 3.62. The van der Waals surface area contributed by atoms with Crippen molar-refractivity contribution in [2.45, 2.75) is 11.8 Å². The molecule has 0 spiro atoms. The molecule has 0 saturated carbocycles. The van der Waals surface area contributed by atoms with Crippen molar-refractivity contribution in [3.63, 3.8) is 0 Å². The topological polar surface area (TPSA) is 47.3 Å². The summed E-state index contributed by atoms with van der Waals surface area (Å²) in [5, 5.41) is 0. The first-order chi connectivity index (χ1) is 10.4. The predicted octanol–water partition coefficient (Wildman–Crippen LogP) is 4.33. The van der Waals surface area contributed by atoms with Crippen molar-refractivity contribution in [3.8, 4) is 22.3 Å². The summed E-state index contributed by atoms with van der Waals surface area (Å²) in [6, 6.07) is 15.1. The van der Waals surface area contributed by atoms with Gasteiger partial charge in [0, 0.05) is 17.4 Å². The lowest BCUT2D eigenvalue weighted by Gasteiger charge is -2.05. The van der Waals surface area contributed by atoms with Crippen LogP contribution in [0, 0.1) is 6.92 Å². The first kappa shape index (κ1) is 14.6. The van der Waals surface area contributed by atoms with Crippen LogP contribution in [0.4, 0.5) is 0 Å². The largest absolute Gasteiger partial charge is 0.471 e. The second kappa shape index (κ2) is 5.46. The van der Waals surface area contributed by atoms with Gasteiger partial charge in [-0.2, -0.15) is 0 Å². The Bertz CT molecular complexity index is 886. The minimum Gasteiger partial charge on any atom is -0.471 e. The first-order valence-electron chi connectivity index (χ1n) is 6.89. The molecule has 0 aliphatic rings. The van der Waals surface area contributed by atoms with Gasteiger partial charge < -0.3 is 4.42 Å². The Hall–Kier alpha value is -2.33. The molecular formula is C18H16O3S. The van der Waals surface area contributed by atoms with Crippen LogP contribution in [0.25, 0.3) is 22.3 Å². The number of hydrogen-bond acceptors (Lipinski definition) is 3. The predicted molar refractivity (Wildman–Crippen MR) is 87.4 cm³/mol. The molecule has 4 heteroatoms. The number of hydrogen-bond donors (Lipinski definition) is 0. The molecule has 1 aromatic heterocycles. The number of rotatable bonds is 3. The minimum absolute atomic E-state index is 0.316. The molecule has 1 heterocycles. The fraction of sp³-hybridized carbons (Fsp3) is 0.111. The fourth-order valence-electron chi connectivity index (χ4n) is 2.36. The van der Waals surface area contributed by atoms with Crippen molar-refractivity contribution in [1.82, 2.24) is 0 Å². The Labute approximate surface area is 130 Å². The molecule has 0 bridgehead atoms. The normalized spacial score (nSPS) is 11.5. The van der Waals surface area contributed by atoms with Gasteiger partial charge in [0.1, 0.15) is 0 Å². The molecule has 3 nitrogen and oxygen atoms in total. The highest BCUT2D eigenvalue weighted by Crippen LogP contribution is 2.33. The zero-order chi connectivity index (χ0) is 15.7. The van der Waals surface area contributed by atoms with Crippen LogP contribution in [0.3, 0.4) is 0 Å². The standard InChI is InChI=1S/C18H16O3S/c1-13-3-5-14(6-4-13)17-11-21-12-18(17)15-7-9-16(10-8-15)22(2,19)20/h3-12H,1-2H3. The molecule has 2 aromatic carbocycles. The van der Waals surface area contributed by atoms with Gasteiger partial charge >= 0.3 is 0 Å². The monoisotopic (exact) mass is 312 g/mol. The van der Waals surface area contributed by atoms with Gasteiger partial charge in [-0.15, -0.1) is 0 Å². The summed E-state index contributed by atoms with van der Waals surface area (Å²) >= 11 is 0. The van der Waals surface area contributed by atoms with Crippen molar-refractivity contribution in [1.29, 1.82) is 0 Å². The molecule has 0 aliphatic heterocycles. The van der Waals surface area contributed by atoms with E-state index >= 15 is 0 Å². The van der Waals surface area contributed by atoms with Crippen LogP contribution in [0.5, 0.6) is 0 Å². The second-order valence-electron chi connectivity index (χ2n) is 5.36. The molecule has 3 aromatic rings. The number of benzene rings is 2. The van der Waals surface area contributed by atoms with E-state index < -0.39 is 9.84 Å². The van der Waals surface area contributed by atoms with E-state index in [2.05, 4.69) is 24.3 Å². The van der Waals surface area contributed by atoms with E-state index in [0.717, 1.165) is 22.3 Å². The van der Waals surface area contributed by atoms with Gasteiger partial charge in [0.25, 0.3) is 0 Å². The van der Waals surface area contributed by atoms with Crippen molar-refractivity contribution in [3.05, 3.63) is 66.6 Å². The molecule has 0 amide bonds. The van der Waals surface area contributed by atoms with Crippen LogP contribution in [0.2, 0.25) is 0 Å². The summed E-state index contributed by atoms with van der Waals surface area (Å²) in [5.41, 5.74) is 5.14. The van der Waals surface area contributed by atoms with Crippen LogP contribution in [-0.2, 0) is 9.84 Å². The first-order valence-corrected chi connectivity index (χ1v) is 8.78. The molecule has 0 N–H and O–H groups in total. The number of sulfone groups is 1. The molecule has 112 valence electrons. The molecule has 3 rings (SSSR count). The number of furan rings is 1. The smallest absolute Gasteiger partial charge is 0.175 e. The molecule has 0 radical (unpaired) electrons. The Morgan fingerprint density at radius 3 is 1.68 bits per heavy atom. The van der Waals surface area contributed by atoms with E-state index in [0.29, 0.717) is 4.90 Å². The summed E-state index contributed by atoms with van der Waals surface area (Å²) < 4.78 is 28.4. The van der Waals surface area contributed by atoms with Gasteiger partial charge in [-0.05, 0) is 30.2 Å². The van der Waals surface area contributed by atoms with Crippen LogP contribution < -0.4 is 0 Å². The van der Waals surface area contributed by atoms with E-state index in [1.807, 2.05) is 6.92 Å². The van der Waals surface area contributed by atoms with E-state index in [1.54, 1.807) is 36.8 Å². The lowest BCUT2D eigenvalue weighted by molar-refractivity contribution is 0.569. The summed E-state index contributed by atoms with van der Waals surface area (Å²) in [6.07, 6.45) is 4.60. The fourth-order valence-corrected chi connectivity index (χ4v) is 2.99. The number of aryl methyl sites for hydroxylation is 1. The molecule has 0 saturated heterocycles. The van der Waals surface area contributed by atoms with Gasteiger partial charge in [0.2, 0.25) is 0 Å². The van der Waals surface area contributed by atoms with Crippen molar-refractivity contribution < 1.29 is 12.8 Å². The zero-order valence-corrected chi connectivity index (χ0v) is 13.2. The van der Waals surface area contributed by atoms with E-state index in [-0.39, 0.29) is 0 Å². The Morgan fingerprint density at radius 1 is 0.773 bits per heavy atom. The van der Waals surface area contributed by atoms with Crippen LogP contribution in [0.1, 0.15) is 5.56 Å².